The van der Waals surface area contributed by atoms with E-state index in [9.17, 15) is 0 Å². The van der Waals surface area contributed by atoms with E-state index in [1.165, 1.54) is 33.3 Å². The maximum absolute atomic E-state index is 6.07. The van der Waals surface area contributed by atoms with Crippen molar-refractivity contribution in [3.05, 3.63) is 53.7 Å². The number of hydrogen-bond acceptors (Lipinski definition) is 2. The van der Waals surface area contributed by atoms with Gasteiger partial charge in [0.1, 0.15) is 5.75 Å². The Bertz CT molecular complexity index is 863. The molecule has 1 aliphatic rings. The quantitative estimate of drug-likeness (QED) is 0.754. The highest BCUT2D eigenvalue weighted by Gasteiger charge is 2.18. The van der Waals surface area contributed by atoms with Crippen LogP contribution in [0.3, 0.4) is 0 Å². The fourth-order valence-electron chi connectivity index (χ4n) is 3.68. The van der Waals surface area contributed by atoms with Crippen LogP contribution in [0.1, 0.15) is 25.1 Å². The molecule has 2 N–H and O–H groups in total. The molecule has 3 aromatic rings. The topological polar surface area (TPSA) is 37.0 Å². The lowest BCUT2D eigenvalue weighted by Crippen LogP contribution is -2.16. The van der Waals surface area contributed by atoms with Gasteiger partial charge in [0.05, 0.1) is 6.10 Å². The van der Waals surface area contributed by atoms with Crippen LogP contribution in [-0.2, 0) is 12.8 Å². The monoisotopic (exact) mass is 320 g/mol. The zero-order chi connectivity index (χ0) is 16.5. The van der Waals surface area contributed by atoms with E-state index < -0.39 is 0 Å². The van der Waals surface area contributed by atoms with Crippen LogP contribution in [-0.4, -0.2) is 24.2 Å². The molecule has 0 amide bonds. The summed E-state index contributed by atoms with van der Waals surface area (Å²) in [6.45, 7) is 6.23. The third-order valence-corrected chi connectivity index (χ3v) is 4.66. The number of rotatable bonds is 3. The number of para-hydroxylation sites is 1. The van der Waals surface area contributed by atoms with Crippen LogP contribution in [0.2, 0.25) is 0 Å². The Hall–Kier alpha value is -2.26. The van der Waals surface area contributed by atoms with E-state index in [1.54, 1.807) is 0 Å². The molecule has 1 aromatic heterocycles. The van der Waals surface area contributed by atoms with Gasteiger partial charge in [-0.05, 0) is 50.1 Å². The summed E-state index contributed by atoms with van der Waals surface area (Å²) in [5.41, 5.74) is 6.52. The minimum absolute atomic E-state index is 0.165. The number of H-pyrrole nitrogens is 1. The molecule has 0 aliphatic carbocycles. The summed E-state index contributed by atoms with van der Waals surface area (Å²) in [6.07, 6.45) is 2.30. The highest BCUT2D eigenvalue weighted by molar-refractivity contribution is 5.99. The van der Waals surface area contributed by atoms with Gasteiger partial charge in [-0.25, -0.2) is 0 Å². The molecule has 0 saturated heterocycles. The molecule has 0 unspecified atom stereocenters. The predicted molar refractivity (Wildman–Crippen MR) is 99.8 cm³/mol. The van der Waals surface area contributed by atoms with E-state index in [-0.39, 0.29) is 6.10 Å². The molecule has 0 radical (unpaired) electrons. The molecular formula is C21H24N2O. The fraction of sp³-hybridized carbons (Fsp3) is 0.333. The first-order chi connectivity index (χ1) is 11.7. The number of hydrogen-bond donors (Lipinski definition) is 2. The summed E-state index contributed by atoms with van der Waals surface area (Å²) in [5.74, 6) is 0.960. The zero-order valence-corrected chi connectivity index (χ0v) is 14.4. The van der Waals surface area contributed by atoms with E-state index in [4.69, 9.17) is 4.74 Å². The van der Waals surface area contributed by atoms with Crippen LogP contribution in [0.4, 0.5) is 0 Å². The maximum Gasteiger partial charge on any atom is 0.127 e. The lowest BCUT2D eigenvalue weighted by Gasteiger charge is -2.15. The standard InChI is InChI=1S/C21H24N2O/c1-14(2)24-20-9-4-3-6-15(20)16-7-5-8-19-21(16)17-10-12-22-13-11-18(17)23-19/h3-9,14,22-23H,10-13H2,1-2H3. The van der Waals surface area contributed by atoms with Crippen molar-refractivity contribution in [2.75, 3.05) is 13.1 Å². The summed E-state index contributed by atoms with van der Waals surface area (Å²) >= 11 is 0. The van der Waals surface area contributed by atoms with Crippen LogP contribution >= 0.6 is 0 Å². The fourth-order valence-corrected chi connectivity index (χ4v) is 3.68. The molecule has 24 heavy (non-hydrogen) atoms. The molecule has 4 rings (SSSR count). The van der Waals surface area contributed by atoms with Gasteiger partial charge in [-0.3, -0.25) is 0 Å². The van der Waals surface area contributed by atoms with Crippen LogP contribution in [0.15, 0.2) is 42.5 Å². The summed E-state index contributed by atoms with van der Waals surface area (Å²) in [7, 11) is 0. The van der Waals surface area contributed by atoms with E-state index >= 15 is 0 Å². The van der Waals surface area contributed by atoms with Gasteiger partial charge in [0.25, 0.3) is 0 Å². The average Bonchev–Trinajstić information content (AvgIpc) is 2.77. The predicted octanol–water partition coefficient (Wildman–Crippen LogP) is 4.31. The van der Waals surface area contributed by atoms with Crippen molar-refractivity contribution < 1.29 is 4.74 Å². The third kappa shape index (κ3) is 2.69. The number of nitrogens with one attached hydrogen (secondary N) is 2. The second-order valence-corrected chi connectivity index (χ2v) is 6.72. The van der Waals surface area contributed by atoms with Crippen molar-refractivity contribution in [2.24, 2.45) is 0 Å². The number of aromatic nitrogens is 1. The Kier molecular flexibility index (Phi) is 4.03. The number of benzene rings is 2. The van der Waals surface area contributed by atoms with Crippen molar-refractivity contribution in [2.45, 2.75) is 32.8 Å². The average molecular weight is 320 g/mol. The summed E-state index contributed by atoms with van der Waals surface area (Å²) in [4.78, 5) is 3.65. The van der Waals surface area contributed by atoms with E-state index in [0.29, 0.717) is 0 Å². The van der Waals surface area contributed by atoms with Gasteiger partial charge in [-0.15, -0.1) is 0 Å². The first kappa shape index (κ1) is 15.3. The van der Waals surface area contributed by atoms with Gasteiger partial charge in [-0.2, -0.15) is 0 Å². The van der Waals surface area contributed by atoms with Crippen molar-refractivity contribution in [3.8, 4) is 16.9 Å². The highest BCUT2D eigenvalue weighted by atomic mass is 16.5. The summed E-state index contributed by atoms with van der Waals surface area (Å²) in [5, 5.41) is 4.85. The Morgan fingerprint density at radius 1 is 0.917 bits per heavy atom. The van der Waals surface area contributed by atoms with Crippen LogP contribution in [0.25, 0.3) is 22.0 Å². The second-order valence-electron chi connectivity index (χ2n) is 6.72. The molecule has 0 atom stereocenters. The van der Waals surface area contributed by atoms with Gasteiger partial charge >= 0.3 is 0 Å². The number of aromatic amines is 1. The smallest absolute Gasteiger partial charge is 0.127 e. The van der Waals surface area contributed by atoms with Crippen molar-refractivity contribution in [1.29, 1.82) is 0 Å². The Morgan fingerprint density at radius 3 is 2.58 bits per heavy atom. The molecule has 0 spiro atoms. The first-order valence-electron chi connectivity index (χ1n) is 8.83. The van der Waals surface area contributed by atoms with Crippen molar-refractivity contribution in [3.63, 3.8) is 0 Å². The molecule has 0 saturated carbocycles. The minimum atomic E-state index is 0.165. The van der Waals surface area contributed by atoms with Crippen molar-refractivity contribution >= 4 is 10.9 Å². The summed E-state index contributed by atoms with van der Waals surface area (Å²) in [6, 6.07) is 14.9. The Balaban J connectivity index is 1.93. The van der Waals surface area contributed by atoms with Crippen LogP contribution in [0.5, 0.6) is 5.75 Å². The van der Waals surface area contributed by atoms with Crippen molar-refractivity contribution in [1.82, 2.24) is 10.3 Å². The third-order valence-electron chi connectivity index (χ3n) is 4.66. The van der Waals surface area contributed by atoms with Gasteiger partial charge in [0.2, 0.25) is 0 Å². The number of fused-ring (bicyclic) bond motifs is 3. The Morgan fingerprint density at radius 2 is 1.71 bits per heavy atom. The van der Waals surface area contributed by atoms with E-state index in [1.807, 2.05) is 6.07 Å². The van der Waals surface area contributed by atoms with Gasteiger partial charge in [0.15, 0.2) is 0 Å². The van der Waals surface area contributed by atoms with Gasteiger partial charge in [0, 0.05) is 35.1 Å². The molecular weight excluding hydrogens is 296 g/mol. The SMILES string of the molecule is CC(C)Oc1ccccc1-c1cccc2[nH]c3c(c12)CCNCC3. The highest BCUT2D eigenvalue weighted by Crippen LogP contribution is 2.38. The molecule has 3 nitrogen and oxygen atoms in total. The van der Waals surface area contributed by atoms with E-state index in [0.717, 1.165) is 31.7 Å². The summed E-state index contributed by atoms with van der Waals surface area (Å²) < 4.78 is 6.07. The van der Waals surface area contributed by atoms with Crippen LogP contribution in [0, 0.1) is 0 Å². The van der Waals surface area contributed by atoms with Gasteiger partial charge in [-0.1, -0.05) is 30.3 Å². The zero-order valence-electron chi connectivity index (χ0n) is 14.4. The van der Waals surface area contributed by atoms with E-state index in [2.05, 4.69) is 60.5 Å². The number of ether oxygens (including phenoxy) is 1. The molecule has 2 aromatic carbocycles. The molecule has 3 heteroatoms. The molecule has 0 fully saturated rings. The lowest BCUT2D eigenvalue weighted by atomic mass is 9.96. The minimum Gasteiger partial charge on any atom is -0.490 e. The van der Waals surface area contributed by atoms with Crippen LogP contribution < -0.4 is 10.1 Å². The largest absolute Gasteiger partial charge is 0.490 e. The maximum atomic E-state index is 6.07. The first-order valence-corrected chi connectivity index (χ1v) is 8.83. The second kappa shape index (κ2) is 6.33. The normalized spacial score (nSPS) is 14.6. The molecule has 0 bridgehead atoms. The molecule has 2 heterocycles. The Labute approximate surface area is 143 Å². The molecule has 1 aliphatic heterocycles. The molecule has 124 valence electrons. The van der Waals surface area contributed by atoms with Gasteiger partial charge < -0.3 is 15.0 Å². The lowest BCUT2D eigenvalue weighted by molar-refractivity contribution is 0.243.